The standard InChI is InChI=1S/C23H33N5O7S2/c1-4-9-26(14-15-35-36(3,31)32)23-19(2)16-21(28(29)30)17-22(23)37(33,34)27-12-10-25(11-13-27)18-20-5-7-24-8-6-20/h5-8,16-17H,4,9-15,18H2,1-3H3. The summed E-state index contributed by atoms with van der Waals surface area (Å²) in [5.74, 6) is 0. The van der Waals surface area contributed by atoms with E-state index >= 15 is 0 Å². The molecule has 12 nitrogen and oxygen atoms in total. The number of aromatic nitrogens is 1. The molecule has 3 rings (SSSR count). The van der Waals surface area contributed by atoms with Gasteiger partial charge in [0, 0.05) is 70.3 Å². The summed E-state index contributed by atoms with van der Waals surface area (Å²) in [4.78, 5) is 18.7. The summed E-state index contributed by atoms with van der Waals surface area (Å²) in [6.45, 7) is 6.01. The number of anilines is 1. The molecule has 0 N–H and O–H groups in total. The molecule has 1 saturated heterocycles. The Labute approximate surface area is 218 Å². The van der Waals surface area contributed by atoms with Crippen LogP contribution in [-0.2, 0) is 30.9 Å². The highest BCUT2D eigenvalue weighted by molar-refractivity contribution is 7.89. The second-order valence-electron chi connectivity index (χ2n) is 8.92. The summed E-state index contributed by atoms with van der Waals surface area (Å²) < 4.78 is 56.9. The van der Waals surface area contributed by atoms with Crippen molar-refractivity contribution < 1.29 is 25.9 Å². The van der Waals surface area contributed by atoms with Gasteiger partial charge < -0.3 is 4.90 Å². The zero-order chi connectivity index (χ0) is 27.2. The molecule has 37 heavy (non-hydrogen) atoms. The fourth-order valence-electron chi connectivity index (χ4n) is 4.35. The lowest BCUT2D eigenvalue weighted by molar-refractivity contribution is -0.385. The summed E-state index contributed by atoms with van der Waals surface area (Å²) in [6, 6.07) is 6.26. The first-order valence-corrected chi connectivity index (χ1v) is 15.2. The molecule has 0 atom stereocenters. The Morgan fingerprint density at radius 1 is 1.08 bits per heavy atom. The Bertz CT molecular complexity index is 1300. The number of aryl methyl sites for hydroxylation is 1. The van der Waals surface area contributed by atoms with E-state index in [1.54, 1.807) is 24.2 Å². The second-order valence-corrected chi connectivity index (χ2v) is 12.5. The minimum atomic E-state index is -4.09. The van der Waals surface area contributed by atoms with E-state index in [1.807, 2.05) is 19.1 Å². The number of nitrogens with zero attached hydrogens (tertiary/aromatic N) is 5. The van der Waals surface area contributed by atoms with Crippen LogP contribution in [0, 0.1) is 17.0 Å². The molecule has 0 radical (unpaired) electrons. The number of nitro benzene ring substituents is 1. The maximum absolute atomic E-state index is 13.9. The molecular weight excluding hydrogens is 522 g/mol. The van der Waals surface area contributed by atoms with Crippen LogP contribution in [0.2, 0.25) is 0 Å². The minimum Gasteiger partial charge on any atom is -0.368 e. The van der Waals surface area contributed by atoms with Gasteiger partial charge in [0.05, 0.1) is 23.5 Å². The summed E-state index contributed by atoms with van der Waals surface area (Å²) in [5.41, 5.74) is 1.50. The Hall–Kier alpha value is -2.65. The van der Waals surface area contributed by atoms with E-state index in [2.05, 4.69) is 9.88 Å². The Morgan fingerprint density at radius 3 is 2.30 bits per heavy atom. The number of piperazine rings is 1. The molecule has 1 aliphatic heterocycles. The molecule has 2 aromatic rings. The highest BCUT2D eigenvalue weighted by Crippen LogP contribution is 2.35. The van der Waals surface area contributed by atoms with Gasteiger partial charge in [0.25, 0.3) is 15.8 Å². The molecule has 2 heterocycles. The normalized spacial score (nSPS) is 15.5. The van der Waals surface area contributed by atoms with Gasteiger partial charge in [-0.1, -0.05) is 6.92 Å². The summed E-state index contributed by atoms with van der Waals surface area (Å²) in [7, 11) is -7.77. The van der Waals surface area contributed by atoms with Gasteiger partial charge in [-0.25, -0.2) is 8.42 Å². The average molecular weight is 556 g/mol. The molecule has 1 aromatic heterocycles. The first kappa shape index (κ1) is 28.9. The highest BCUT2D eigenvalue weighted by atomic mass is 32.2. The van der Waals surface area contributed by atoms with Crippen LogP contribution in [0.3, 0.4) is 0 Å². The summed E-state index contributed by atoms with van der Waals surface area (Å²) in [5, 5.41) is 11.6. The number of sulfonamides is 1. The van der Waals surface area contributed by atoms with Crippen LogP contribution in [0.4, 0.5) is 11.4 Å². The average Bonchev–Trinajstić information content (AvgIpc) is 2.83. The Kier molecular flexibility index (Phi) is 9.58. The molecule has 1 aliphatic rings. The zero-order valence-electron chi connectivity index (χ0n) is 21.2. The van der Waals surface area contributed by atoms with E-state index in [0.29, 0.717) is 43.9 Å². The molecule has 0 unspecified atom stereocenters. The molecular formula is C23H33N5O7S2. The van der Waals surface area contributed by atoms with Crippen molar-refractivity contribution >= 4 is 31.5 Å². The van der Waals surface area contributed by atoms with Crippen molar-refractivity contribution in [1.82, 2.24) is 14.2 Å². The molecule has 0 aliphatic carbocycles. The summed E-state index contributed by atoms with van der Waals surface area (Å²) in [6.07, 6.45) is 5.01. The van der Waals surface area contributed by atoms with Crippen LogP contribution in [0.5, 0.6) is 0 Å². The largest absolute Gasteiger partial charge is 0.368 e. The third-order valence-electron chi connectivity index (χ3n) is 6.03. The van der Waals surface area contributed by atoms with E-state index in [1.165, 1.54) is 10.4 Å². The van der Waals surface area contributed by atoms with E-state index in [9.17, 15) is 26.9 Å². The molecule has 0 amide bonds. The number of hydrogen-bond acceptors (Lipinski definition) is 10. The lowest BCUT2D eigenvalue weighted by Crippen LogP contribution is -2.48. The van der Waals surface area contributed by atoms with Gasteiger partial charge in [-0.05, 0) is 36.6 Å². The van der Waals surface area contributed by atoms with Gasteiger partial charge >= 0.3 is 0 Å². The smallest absolute Gasteiger partial charge is 0.271 e. The lowest BCUT2D eigenvalue weighted by atomic mass is 10.1. The number of benzene rings is 1. The van der Waals surface area contributed by atoms with Crippen LogP contribution in [0.25, 0.3) is 0 Å². The van der Waals surface area contributed by atoms with Crippen molar-refractivity contribution in [3.8, 4) is 0 Å². The number of nitro groups is 1. The predicted octanol–water partition coefficient (Wildman–Crippen LogP) is 2.00. The third kappa shape index (κ3) is 7.68. The fraction of sp³-hybridized carbons (Fsp3) is 0.522. The molecule has 0 spiro atoms. The highest BCUT2D eigenvalue weighted by Gasteiger charge is 2.34. The van der Waals surface area contributed by atoms with Crippen molar-refractivity contribution in [2.45, 2.75) is 31.7 Å². The monoisotopic (exact) mass is 555 g/mol. The second kappa shape index (κ2) is 12.3. The van der Waals surface area contributed by atoms with Crippen molar-refractivity contribution in [3.05, 3.63) is 57.9 Å². The van der Waals surface area contributed by atoms with E-state index in [-0.39, 0.29) is 36.8 Å². The number of pyridine rings is 1. The van der Waals surface area contributed by atoms with Crippen molar-refractivity contribution in [2.24, 2.45) is 0 Å². The van der Waals surface area contributed by atoms with Crippen molar-refractivity contribution in [1.29, 1.82) is 0 Å². The molecule has 204 valence electrons. The van der Waals surface area contributed by atoms with Crippen molar-refractivity contribution in [2.75, 3.05) is 57.0 Å². The van der Waals surface area contributed by atoms with Crippen LogP contribution >= 0.6 is 0 Å². The molecule has 1 fully saturated rings. The SMILES string of the molecule is CCCN(CCOS(C)(=O)=O)c1c(C)cc([N+](=O)[O-])cc1S(=O)(=O)N1CCN(Cc2ccncc2)CC1. The van der Waals surface area contributed by atoms with Gasteiger partial charge in [0.15, 0.2) is 0 Å². The number of rotatable bonds is 12. The van der Waals surface area contributed by atoms with Crippen LogP contribution in [-0.4, -0.2) is 88.1 Å². The zero-order valence-corrected chi connectivity index (χ0v) is 22.9. The topological polar surface area (TPSA) is 143 Å². The first-order chi connectivity index (χ1) is 17.4. The van der Waals surface area contributed by atoms with Gasteiger partial charge in [0.1, 0.15) is 4.90 Å². The fourth-order valence-corrected chi connectivity index (χ4v) is 6.46. The summed E-state index contributed by atoms with van der Waals surface area (Å²) >= 11 is 0. The Morgan fingerprint density at radius 2 is 1.73 bits per heavy atom. The minimum absolute atomic E-state index is 0.0990. The Balaban J connectivity index is 1.91. The number of non-ortho nitro benzene ring substituents is 1. The third-order valence-corrected chi connectivity index (χ3v) is 8.54. The molecule has 1 aromatic carbocycles. The van der Waals surface area contributed by atoms with Gasteiger partial charge in [-0.2, -0.15) is 12.7 Å². The van der Waals surface area contributed by atoms with Crippen LogP contribution < -0.4 is 4.90 Å². The van der Waals surface area contributed by atoms with E-state index in [0.717, 1.165) is 17.9 Å². The predicted molar refractivity (Wildman–Crippen MR) is 139 cm³/mol. The number of hydrogen-bond donors (Lipinski definition) is 0. The van der Waals surface area contributed by atoms with Crippen LogP contribution in [0.15, 0.2) is 41.6 Å². The van der Waals surface area contributed by atoms with E-state index < -0.39 is 25.1 Å². The maximum atomic E-state index is 13.9. The first-order valence-electron chi connectivity index (χ1n) is 11.9. The van der Waals surface area contributed by atoms with Gasteiger partial charge in [-0.15, -0.1) is 0 Å². The molecule has 0 bridgehead atoms. The molecule has 14 heteroatoms. The lowest BCUT2D eigenvalue weighted by Gasteiger charge is -2.35. The van der Waals surface area contributed by atoms with Gasteiger partial charge in [0.2, 0.25) is 10.0 Å². The quantitative estimate of drug-likeness (QED) is 0.217. The van der Waals surface area contributed by atoms with Crippen molar-refractivity contribution in [3.63, 3.8) is 0 Å². The van der Waals surface area contributed by atoms with Gasteiger partial charge in [-0.3, -0.25) is 24.2 Å². The van der Waals surface area contributed by atoms with Crippen LogP contribution in [0.1, 0.15) is 24.5 Å². The van der Waals surface area contributed by atoms with E-state index in [4.69, 9.17) is 4.18 Å². The maximum Gasteiger partial charge on any atom is 0.271 e. The molecule has 0 saturated carbocycles.